The monoisotopic (exact) mass is 294 g/mol. The summed E-state index contributed by atoms with van der Waals surface area (Å²) >= 11 is 7.70. The summed E-state index contributed by atoms with van der Waals surface area (Å²) in [5.74, 6) is 1.94. The predicted molar refractivity (Wildman–Crippen MR) is 60.1 cm³/mol. The fourth-order valence-electron chi connectivity index (χ4n) is 2.04. The Hall–Kier alpha value is 0.960. The highest BCUT2D eigenvalue weighted by molar-refractivity contribution is 9.12. The molecule has 2 fully saturated rings. The SMILES string of the molecule is Br[C@@H](C1CCC1)[C@@H](Br)C1CCC1. The quantitative estimate of drug-likeness (QED) is 0.687. The van der Waals surface area contributed by atoms with Gasteiger partial charge >= 0.3 is 0 Å². The van der Waals surface area contributed by atoms with Crippen LogP contribution in [0.15, 0.2) is 0 Å². The third kappa shape index (κ3) is 1.75. The average Bonchev–Trinajstić information content (AvgIpc) is 1.79. The van der Waals surface area contributed by atoms with Crippen molar-refractivity contribution in [1.82, 2.24) is 0 Å². The first-order valence-electron chi connectivity index (χ1n) is 5.07. The molecule has 70 valence electrons. The number of halogens is 2. The Kier molecular flexibility index (Phi) is 3.17. The minimum absolute atomic E-state index is 0.747. The summed E-state index contributed by atoms with van der Waals surface area (Å²) in [5.41, 5.74) is 0. The van der Waals surface area contributed by atoms with Crippen LogP contribution in [0.4, 0.5) is 0 Å². The van der Waals surface area contributed by atoms with Gasteiger partial charge in [-0.1, -0.05) is 44.7 Å². The zero-order chi connectivity index (χ0) is 8.55. The van der Waals surface area contributed by atoms with Gasteiger partial charge in [-0.3, -0.25) is 0 Å². The van der Waals surface area contributed by atoms with Crippen LogP contribution in [0, 0.1) is 11.8 Å². The number of alkyl halides is 2. The van der Waals surface area contributed by atoms with Crippen molar-refractivity contribution in [3.63, 3.8) is 0 Å². The number of rotatable bonds is 3. The molecule has 0 spiro atoms. The molecule has 2 saturated carbocycles. The van der Waals surface area contributed by atoms with E-state index in [1.807, 2.05) is 0 Å². The normalized spacial score (nSPS) is 30.5. The Labute approximate surface area is 91.7 Å². The van der Waals surface area contributed by atoms with Crippen molar-refractivity contribution in [2.75, 3.05) is 0 Å². The van der Waals surface area contributed by atoms with Crippen molar-refractivity contribution in [2.24, 2.45) is 11.8 Å². The highest BCUT2D eigenvalue weighted by Crippen LogP contribution is 2.43. The van der Waals surface area contributed by atoms with Crippen molar-refractivity contribution >= 4 is 31.9 Å². The van der Waals surface area contributed by atoms with E-state index in [-0.39, 0.29) is 0 Å². The van der Waals surface area contributed by atoms with Gasteiger partial charge in [-0.15, -0.1) is 0 Å². The summed E-state index contributed by atoms with van der Waals surface area (Å²) in [4.78, 5) is 1.49. The molecule has 2 atom stereocenters. The Morgan fingerprint density at radius 1 is 0.750 bits per heavy atom. The zero-order valence-electron chi connectivity index (χ0n) is 7.31. The van der Waals surface area contributed by atoms with Gasteiger partial charge in [0.2, 0.25) is 0 Å². The Morgan fingerprint density at radius 2 is 1.08 bits per heavy atom. The minimum atomic E-state index is 0.747. The predicted octanol–water partition coefficient (Wildman–Crippen LogP) is 4.11. The lowest BCUT2D eigenvalue weighted by molar-refractivity contribution is 0.247. The van der Waals surface area contributed by atoms with Crippen LogP contribution in [0.3, 0.4) is 0 Å². The van der Waals surface area contributed by atoms with Crippen LogP contribution in [0.5, 0.6) is 0 Å². The van der Waals surface area contributed by atoms with Gasteiger partial charge < -0.3 is 0 Å². The molecule has 0 nitrogen and oxygen atoms in total. The van der Waals surface area contributed by atoms with E-state index in [9.17, 15) is 0 Å². The lowest BCUT2D eigenvalue weighted by Crippen LogP contribution is -2.36. The lowest BCUT2D eigenvalue weighted by Gasteiger charge is -2.39. The largest absolute Gasteiger partial charge is 0.0875 e. The molecule has 0 radical (unpaired) electrons. The molecule has 0 heterocycles. The first-order valence-corrected chi connectivity index (χ1v) is 6.90. The van der Waals surface area contributed by atoms with E-state index in [2.05, 4.69) is 31.9 Å². The maximum Gasteiger partial charge on any atom is 0.0302 e. The maximum absolute atomic E-state index is 3.85. The highest BCUT2D eigenvalue weighted by atomic mass is 79.9. The van der Waals surface area contributed by atoms with Crippen molar-refractivity contribution in [1.29, 1.82) is 0 Å². The van der Waals surface area contributed by atoms with Crippen molar-refractivity contribution in [3.8, 4) is 0 Å². The van der Waals surface area contributed by atoms with Gasteiger partial charge in [0, 0.05) is 9.65 Å². The first-order chi connectivity index (χ1) is 5.79. The molecular formula is C10H16Br2. The van der Waals surface area contributed by atoms with Crippen LogP contribution in [0.25, 0.3) is 0 Å². The molecule has 0 unspecified atom stereocenters. The molecule has 0 saturated heterocycles. The molecule has 0 aliphatic heterocycles. The zero-order valence-corrected chi connectivity index (χ0v) is 10.5. The molecule has 0 amide bonds. The van der Waals surface area contributed by atoms with Crippen molar-refractivity contribution in [3.05, 3.63) is 0 Å². The second-order valence-electron chi connectivity index (χ2n) is 4.27. The fourth-order valence-corrected chi connectivity index (χ4v) is 3.96. The second-order valence-corrected chi connectivity index (χ2v) is 6.39. The summed E-state index contributed by atoms with van der Waals surface area (Å²) in [6, 6.07) is 0. The maximum atomic E-state index is 3.85. The standard InChI is InChI=1S/C10H16Br2/c11-9(7-3-1-4-7)10(12)8-5-2-6-8/h7-10H,1-6H2/t9-,10-/m0/s1. The Bertz CT molecular complexity index is 132. The van der Waals surface area contributed by atoms with Crippen LogP contribution in [0.2, 0.25) is 0 Å². The molecule has 12 heavy (non-hydrogen) atoms. The highest BCUT2D eigenvalue weighted by Gasteiger charge is 2.36. The van der Waals surface area contributed by atoms with E-state index >= 15 is 0 Å². The summed E-state index contributed by atoms with van der Waals surface area (Å²) < 4.78 is 0. The summed E-state index contributed by atoms with van der Waals surface area (Å²) in [6.45, 7) is 0. The Morgan fingerprint density at radius 3 is 1.25 bits per heavy atom. The number of hydrogen-bond acceptors (Lipinski definition) is 0. The molecule has 2 aliphatic rings. The van der Waals surface area contributed by atoms with Crippen LogP contribution in [-0.2, 0) is 0 Å². The molecule has 0 aromatic rings. The third-order valence-corrected chi connectivity index (χ3v) is 6.85. The molecule has 2 aliphatic carbocycles. The summed E-state index contributed by atoms with van der Waals surface area (Å²) in [6.07, 6.45) is 8.71. The van der Waals surface area contributed by atoms with Gasteiger partial charge in [-0.05, 0) is 37.5 Å². The fraction of sp³-hybridized carbons (Fsp3) is 1.00. The van der Waals surface area contributed by atoms with E-state index in [0.29, 0.717) is 0 Å². The first kappa shape index (κ1) is 9.51. The van der Waals surface area contributed by atoms with Crippen molar-refractivity contribution in [2.45, 2.75) is 48.2 Å². The second kappa shape index (κ2) is 4.00. The lowest BCUT2D eigenvalue weighted by atomic mass is 9.75. The van der Waals surface area contributed by atoms with E-state index in [1.165, 1.54) is 38.5 Å². The summed E-state index contributed by atoms with van der Waals surface area (Å²) in [5, 5.41) is 0. The average molecular weight is 296 g/mol. The van der Waals surface area contributed by atoms with Crippen LogP contribution >= 0.6 is 31.9 Å². The topological polar surface area (TPSA) is 0 Å². The molecule has 2 heteroatoms. The molecule has 0 bridgehead atoms. The molecular weight excluding hydrogens is 280 g/mol. The van der Waals surface area contributed by atoms with Gasteiger partial charge in [0.25, 0.3) is 0 Å². The third-order valence-electron chi connectivity index (χ3n) is 3.50. The summed E-state index contributed by atoms with van der Waals surface area (Å²) in [7, 11) is 0. The van der Waals surface area contributed by atoms with E-state index < -0.39 is 0 Å². The molecule has 0 N–H and O–H groups in total. The number of hydrogen-bond donors (Lipinski definition) is 0. The molecule has 0 aromatic heterocycles. The van der Waals surface area contributed by atoms with E-state index in [4.69, 9.17) is 0 Å². The van der Waals surface area contributed by atoms with Crippen molar-refractivity contribution < 1.29 is 0 Å². The molecule has 0 aromatic carbocycles. The van der Waals surface area contributed by atoms with Gasteiger partial charge in [-0.2, -0.15) is 0 Å². The van der Waals surface area contributed by atoms with E-state index in [0.717, 1.165) is 21.5 Å². The Balaban J connectivity index is 1.80. The minimum Gasteiger partial charge on any atom is -0.0875 e. The molecule has 2 rings (SSSR count). The van der Waals surface area contributed by atoms with Crippen LogP contribution < -0.4 is 0 Å². The van der Waals surface area contributed by atoms with Crippen LogP contribution in [-0.4, -0.2) is 9.65 Å². The van der Waals surface area contributed by atoms with Gasteiger partial charge in [-0.25, -0.2) is 0 Å². The van der Waals surface area contributed by atoms with Gasteiger partial charge in [0.15, 0.2) is 0 Å². The smallest absolute Gasteiger partial charge is 0.0302 e. The van der Waals surface area contributed by atoms with Crippen LogP contribution in [0.1, 0.15) is 38.5 Å². The van der Waals surface area contributed by atoms with E-state index in [1.54, 1.807) is 0 Å². The van der Waals surface area contributed by atoms with Gasteiger partial charge in [0.05, 0.1) is 0 Å². The van der Waals surface area contributed by atoms with Gasteiger partial charge in [0.1, 0.15) is 0 Å².